The molecule has 2 aliphatic rings. The van der Waals surface area contributed by atoms with E-state index in [1.165, 1.54) is 50.3 Å². The van der Waals surface area contributed by atoms with Crippen LogP contribution in [0.3, 0.4) is 0 Å². The van der Waals surface area contributed by atoms with Gasteiger partial charge in [-0.1, -0.05) is 0 Å². The molecule has 0 aliphatic carbocycles. The van der Waals surface area contributed by atoms with E-state index in [0.717, 1.165) is 23.1 Å². The van der Waals surface area contributed by atoms with Gasteiger partial charge in [-0.15, -0.1) is 11.3 Å². The maximum absolute atomic E-state index is 5.67. The van der Waals surface area contributed by atoms with Gasteiger partial charge in [-0.25, -0.2) is 4.98 Å². The molecule has 0 atom stereocenters. The van der Waals surface area contributed by atoms with E-state index in [1.807, 2.05) is 25.3 Å². The Kier molecular flexibility index (Phi) is 3.80. The Hall–Kier alpha value is -1.17. The van der Waals surface area contributed by atoms with E-state index >= 15 is 0 Å². The summed E-state index contributed by atoms with van der Waals surface area (Å²) in [5.74, 6) is 1.84. The Morgan fingerprint density at radius 2 is 2.18 bits per heavy atom. The second kappa shape index (κ2) is 5.80. The molecular weight excluding hydrogens is 294 g/mol. The van der Waals surface area contributed by atoms with Crippen LogP contribution in [0.15, 0.2) is 22.7 Å². The zero-order valence-corrected chi connectivity index (χ0v) is 13.9. The van der Waals surface area contributed by atoms with E-state index in [0.29, 0.717) is 5.41 Å². The third-order valence-corrected chi connectivity index (χ3v) is 6.06. The van der Waals surface area contributed by atoms with E-state index in [9.17, 15) is 0 Å². The van der Waals surface area contributed by atoms with Gasteiger partial charge in [-0.2, -0.15) is 0 Å². The number of thiazole rings is 1. The Labute approximate surface area is 135 Å². The van der Waals surface area contributed by atoms with Crippen molar-refractivity contribution in [1.29, 1.82) is 0 Å². The van der Waals surface area contributed by atoms with Crippen molar-refractivity contribution < 1.29 is 4.42 Å². The summed E-state index contributed by atoms with van der Waals surface area (Å²) in [4.78, 5) is 8.48. The number of piperidine rings is 1. The third kappa shape index (κ3) is 2.85. The fraction of sp³-hybridized carbons (Fsp3) is 0.588. The molecule has 4 nitrogen and oxygen atoms in total. The number of nitrogens with zero attached hydrogens (tertiary/aromatic N) is 2. The lowest BCUT2D eigenvalue weighted by molar-refractivity contribution is 0.194. The predicted octanol–water partition coefficient (Wildman–Crippen LogP) is 3.29. The fourth-order valence-corrected chi connectivity index (χ4v) is 4.71. The molecule has 2 fully saturated rings. The van der Waals surface area contributed by atoms with Crippen molar-refractivity contribution in [3.8, 4) is 10.8 Å². The van der Waals surface area contributed by atoms with Crippen molar-refractivity contribution in [3.05, 3.63) is 29.0 Å². The van der Waals surface area contributed by atoms with Crippen LogP contribution in [0.2, 0.25) is 0 Å². The van der Waals surface area contributed by atoms with Crippen molar-refractivity contribution in [2.24, 2.45) is 5.41 Å². The van der Waals surface area contributed by atoms with Crippen molar-refractivity contribution in [1.82, 2.24) is 15.2 Å². The van der Waals surface area contributed by atoms with Gasteiger partial charge in [-0.3, -0.25) is 4.90 Å². The van der Waals surface area contributed by atoms with Crippen molar-refractivity contribution >= 4 is 11.3 Å². The second-order valence-corrected chi connectivity index (χ2v) is 7.87. The van der Waals surface area contributed by atoms with Gasteiger partial charge >= 0.3 is 0 Å². The Morgan fingerprint density at radius 1 is 1.32 bits per heavy atom. The lowest BCUT2D eigenvalue weighted by Gasteiger charge is -2.33. The van der Waals surface area contributed by atoms with Crippen LogP contribution in [0, 0.1) is 12.3 Å². The summed E-state index contributed by atoms with van der Waals surface area (Å²) in [7, 11) is 0. The smallest absolute Gasteiger partial charge is 0.162 e. The highest BCUT2D eigenvalue weighted by Gasteiger charge is 2.38. The molecule has 4 heterocycles. The van der Waals surface area contributed by atoms with Gasteiger partial charge in [0.25, 0.3) is 0 Å². The van der Waals surface area contributed by atoms with E-state index < -0.39 is 0 Å². The van der Waals surface area contributed by atoms with Gasteiger partial charge < -0.3 is 9.73 Å². The molecule has 0 aromatic carbocycles. The minimum absolute atomic E-state index is 0.580. The zero-order valence-electron chi connectivity index (χ0n) is 13.1. The SMILES string of the molecule is Cc1ccc(-c2ncc(CN3CCC4(CCNCC4)C3)s2)o1. The lowest BCUT2D eigenvalue weighted by atomic mass is 9.78. The molecule has 1 spiro atoms. The van der Waals surface area contributed by atoms with Crippen LogP contribution in [0.5, 0.6) is 0 Å². The minimum atomic E-state index is 0.580. The summed E-state index contributed by atoms with van der Waals surface area (Å²) in [6, 6.07) is 4.01. The van der Waals surface area contributed by atoms with E-state index in [1.54, 1.807) is 11.3 Å². The standard InChI is InChI=1S/C17H23N3OS/c1-13-2-3-15(21-13)16-19-10-14(22-16)11-20-9-6-17(12-20)4-7-18-8-5-17/h2-3,10,18H,4-9,11-12H2,1H3. The van der Waals surface area contributed by atoms with Crippen molar-refractivity contribution in [2.75, 3.05) is 26.2 Å². The molecule has 22 heavy (non-hydrogen) atoms. The highest BCUT2D eigenvalue weighted by atomic mass is 32.1. The molecule has 2 aromatic rings. The molecule has 0 bridgehead atoms. The number of nitrogens with one attached hydrogen (secondary N) is 1. The average molecular weight is 317 g/mol. The number of aryl methyl sites for hydroxylation is 1. The number of likely N-dealkylation sites (tertiary alicyclic amines) is 1. The topological polar surface area (TPSA) is 41.3 Å². The van der Waals surface area contributed by atoms with E-state index in [4.69, 9.17) is 4.42 Å². The minimum Gasteiger partial charge on any atom is -0.459 e. The summed E-state index contributed by atoms with van der Waals surface area (Å²) in [6.07, 6.45) is 6.05. The molecule has 0 saturated carbocycles. The third-order valence-electron chi connectivity index (χ3n) is 5.07. The average Bonchev–Trinajstić information content (AvgIpc) is 3.22. The number of hydrogen-bond acceptors (Lipinski definition) is 5. The van der Waals surface area contributed by atoms with Crippen LogP contribution >= 0.6 is 11.3 Å². The molecule has 1 N–H and O–H groups in total. The van der Waals surface area contributed by atoms with Gasteiger partial charge in [0, 0.05) is 24.2 Å². The Balaban J connectivity index is 1.41. The zero-order chi connectivity index (χ0) is 15.0. The lowest BCUT2D eigenvalue weighted by Crippen LogP contribution is -2.38. The molecule has 2 saturated heterocycles. The summed E-state index contributed by atoms with van der Waals surface area (Å²) >= 11 is 1.76. The number of aromatic nitrogens is 1. The molecule has 0 amide bonds. The Morgan fingerprint density at radius 3 is 2.95 bits per heavy atom. The first-order valence-corrected chi connectivity index (χ1v) is 8.99. The first kappa shape index (κ1) is 14.4. The van der Waals surface area contributed by atoms with Crippen LogP contribution in [-0.4, -0.2) is 36.1 Å². The molecule has 118 valence electrons. The quantitative estimate of drug-likeness (QED) is 0.943. The molecular formula is C17H23N3OS. The molecule has 2 aromatic heterocycles. The van der Waals surface area contributed by atoms with Gasteiger partial charge in [0.05, 0.1) is 0 Å². The first-order chi connectivity index (χ1) is 10.7. The van der Waals surface area contributed by atoms with Gasteiger partial charge in [0.2, 0.25) is 0 Å². The van der Waals surface area contributed by atoms with Crippen LogP contribution < -0.4 is 5.32 Å². The fourth-order valence-electron chi connectivity index (χ4n) is 3.79. The van der Waals surface area contributed by atoms with Crippen LogP contribution in [-0.2, 0) is 6.54 Å². The van der Waals surface area contributed by atoms with Crippen molar-refractivity contribution in [3.63, 3.8) is 0 Å². The molecule has 0 unspecified atom stereocenters. The largest absolute Gasteiger partial charge is 0.459 e. The first-order valence-electron chi connectivity index (χ1n) is 8.17. The Bertz CT molecular complexity index is 642. The molecule has 5 heteroatoms. The van der Waals surface area contributed by atoms with Gasteiger partial charge in [-0.05, 0) is 63.4 Å². The van der Waals surface area contributed by atoms with E-state index in [2.05, 4.69) is 15.2 Å². The second-order valence-electron chi connectivity index (χ2n) is 6.75. The predicted molar refractivity (Wildman–Crippen MR) is 89.0 cm³/mol. The molecule has 4 rings (SSSR count). The highest BCUT2D eigenvalue weighted by Crippen LogP contribution is 2.39. The summed E-state index contributed by atoms with van der Waals surface area (Å²) in [6.45, 7) is 7.87. The number of hydrogen-bond donors (Lipinski definition) is 1. The van der Waals surface area contributed by atoms with Crippen LogP contribution in [0.1, 0.15) is 29.9 Å². The van der Waals surface area contributed by atoms with Gasteiger partial charge in [0.1, 0.15) is 5.76 Å². The summed E-state index contributed by atoms with van der Waals surface area (Å²) in [5, 5.41) is 4.49. The van der Waals surface area contributed by atoms with Crippen molar-refractivity contribution in [2.45, 2.75) is 32.7 Å². The molecule has 2 aliphatic heterocycles. The normalized spacial score (nSPS) is 21.7. The van der Waals surface area contributed by atoms with Gasteiger partial charge in [0.15, 0.2) is 10.8 Å². The van der Waals surface area contributed by atoms with Crippen LogP contribution in [0.4, 0.5) is 0 Å². The summed E-state index contributed by atoms with van der Waals surface area (Å²) in [5.41, 5.74) is 0.580. The maximum atomic E-state index is 5.67. The highest BCUT2D eigenvalue weighted by molar-refractivity contribution is 7.14. The monoisotopic (exact) mass is 317 g/mol. The molecule has 0 radical (unpaired) electrons. The maximum Gasteiger partial charge on any atom is 0.162 e. The number of furan rings is 1. The summed E-state index contributed by atoms with van der Waals surface area (Å²) < 4.78 is 5.67. The van der Waals surface area contributed by atoms with E-state index in [-0.39, 0.29) is 0 Å². The van der Waals surface area contributed by atoms with Crippen LogP contribution in [0.25, 0.3) is 10.8 Å². The number of rotatable bonds is 3.